The fourth-order valence-electron chi connectivity index (χ4n) is 2.76. The molecule has 0 unspecified atom stereocenters. The number of nitrogens with one attached hydrogen (secondary N) is 1. The van der Waals surface area contributed by atoms with E-state index in [0.29, 0.717) is 5.69 Å². The summed E-state index contributed by atoms with van der Waals surface area (Å²) in [4.78, 5) is 16.5. The van der Waals surface area contributed by atoms with E-state index in [2.05, 4.69) is 15.5 Å². The summed E-state index contributed by atoms with van der Waals surface area (Å²) in [6.45, 7) is 0.792. The van der Waals surface area contributed by atoms with E-state index in [0.717, 1.165) is 9.87 Å². The molecule has 0 atom stereocenters. The van der Waals surface area contributed by atoms with Crippen molar-refractivity contribution in [3.8, 4) is 0 Å². The Labute approximate surface area is 190 Å². The Morgan fingerprint density at radius 1 is 1.16 bits per heavy atom. The lowest BCUT2D eigenvalue weighted by atomic mass is 10.2. The standard InChI is InChI=1S/C22H20ClFN4O3S/c1-16-8-10-18(11-9-16)32(30,31)28(14-19-20(23)6-4-7-21(19)24)15-22(29)27-26-13-17-5-2-3-12-25-17/h2-13H,14-15H2,1H3,(H,27,29)/b26-13-. The maximum atomic E-state index is 14.3. The zero-order valence-electron chi connectivity index (χ0n) is 17.1. The topological polar surface area (TPSA) is 91.7 Å². The summed E-state index contributed by atoms with van der Waals surface area (Å²) in [7, 11) is -4.14. The molecule has 7 nitrogen and oxygen atoms in total. The summed E-state index contributed by atoms with van der Waals surface area (Å²) in [5.74, 6) is -1.38. The lowest BCUT2D eigenvalue weighted by Gasteiger charge is -2.22. The molecule has 1 heterocycles. The average molecular weight is 475 g/mol. The van der Waals surface area contributed by atoms with E-state index in [1.165, 1.54) is 36.5 Å². The third kappa shape index (κ3) is 5.97. The summed E-state index contributed by atoms with van der Waals surface area (Å²) in [6.07, 6.45) is 2.89. The van der Waals surface area contributed by atoms with Crippen molar-refractivity contribution in [1.29, 1.82) is 0 Å². The second kappa shape index (κ2) is 10.4. The van der Waals surface area contributed by atoms with Crippen molar-refractivity contribution in [2.45, 2.75) is 18.4 Å². The van der Waals surface area contributed by atoms with Gasteiger partial charge in [-0.2, -0.15) is 9.41 Å². The molecule has 3 aromatic rings. The summed E-state index contributed by atoms with van der Waals surface area (Å²) in [6, 6.07) is 15.3. The van der Waals surface area contributed by atoms with Gasteiger partial charge in [0, 0.05) is 23.3 Å². The molecule has 0 aliphatic heterocycles. The van der Waals surface area contributed by atoms with Crippen molar-refractivity contribution in [1.82, 2.24) is 14.7 Å². The smallest absolute Gasteiger partial charge is 0.255 e. The molecule has 1 aromatic heterocycles. The summed E-state index contributed by atoms with van der Waals surface area (Å²) < 4.78 is 41.7. The minimum Gasteiger partial charge on any atom is -0.272 e. The minimum absolute atomic E-state index is 0.0275. The number of aromatic nitrogens is 1. The highest BCUT2D eigenvalue weighted by Gasteiger charge is 2.28. The third-order valence-electron chi connectivity index (χ3n) is 4.45. The van der Waals surface area contributed by atoms with Gasteiger partial charge in [0.2, 0.25) is 10.0 Å². The number of carbonyl (C=O) groups is 1. The van der Waals surface area contributed by atoms with Gasteiger partial charge in [0.25, 0.3) is 5.91 Å². The molecular formula is C22H20ClFN4O3S. The zero-order chi connectivity index (χ0) is 23.1. The maximum Gasteiger partial charge on any atom is 0.255 e. The fraction of sp³-hybridized carbons (Fsp3) is 0.136. The van der Waals surface area contributed by atoms with Gasteiger partial charge in [-0.25, -0.2) is 18.2 Å². The van der Waals surface area contributed by atoms with E-state index in [9.17, 15) is 17.6 Å². The van der Waals surface area contributed by atoms with E-state index in [1.54, 1.807) is 36.5 Å². The second-order valence-corrected chi connectivity index (χ2v) is 9.18. The first-order valence-electron chi connectivity index (χ1n) is 9.50. The number of rotatable bonds is 8. The molecule has 0 saturated heterocycles. The first kappa shape index (κ1) is 23.5. The van der Waals surface area contributed by atoms with E-state index in [-0.39, 0.29) is 15.5 Å². The van der Waals surface area contributed by atoms with Gasteiger partial charge in [-0.1, -0.05) is 41.4 Å². The number of benzene rings is 2. The van der Waals surface area contributed by atoms with Gasteiger partial charge in [-0.3, -0.25) is 9.78 Å². The maximum absolute atomic E-state index is 14.3. The number of hydrogen-bond acceptors (Lipinski definition) is 5. The van der Waals surface area contributed by atoms with E-state index in [1.807, 2.05) is 6.92 Å². The molecule has 0 fully saturated rings. The molecule has 3 rings (SSSR count). The number of hydrazone groups is 1. The van der Waals surface area contributed by atoms with Crippen LogP contribution in [0.15, 0.2) is 76.9 Å². The molecule has 0 radical (unpaired) electrons. The Morgan fingerprint density at radius 2 is 1.91 bits per heavy atom. The zero-order valence-corrected chi connectivity index (χ0v) is 18.6. The Hall–Kier alpha value is -3.14. The number of pyridine rings is 1. The number of sulfonamides is 1. The second-order valence-electron chi connectivity index (χ2n) is 6.83. The molecular weight excluding hydrogens is 455 g/mol. The minimum atomic E-state index is -4.14. The van der Waals surface area contributed by atoms with E-state index < -0.39 is 34.8 Å². The molecule has 1 amide bonds. The van der Waals surface area contributed by atoms with Crippen LogP contribution in [0.5, 0.6) is 0 Å². The van der Waals surface area contributed by atoms with Crippen molar-refractivity contribution >= 4 is 33.7 Å². The fourth-order valence-corrected chi connectivity index (χ4v) is 4.35. The van der Waals surface area contributed by atoms with Crippen LogP contribution in [-0.4, -0.2) is 36.4 Å². The van der Waals surface area contributed by atoms with Gasteiger partial charge in [0.05, 0.1) is 23.3 Å². The first-order chi connectivity index (χ1) is 15.3. The Bertz CT molecular complexity index is 1200. The van der Waals surface area contributed by atoms with Crippen LogP contribution < -0.4 is 5.43 Å². The molecule has 0 saturated carbocycles. The van der Waals surface area contributed by atoms with Crippen LogP contribution in [-0.2, 0) is 21.4 Å². The third-order valence-corrected chi connectivity index (χ3v) is 6.61. The summed E-state index contributed by atoms with van der Waals surface area (Å²) in [5.41, 5.74) is 3.61. The average Bonchev–Trinajstić information content (AvgIpc) is 2.76. The Kier molecular flexibility index (Phi) is 7.68. The van der Waals surface area contributed by atoms with E-state index >= 15 is 0 Å². The van der Waals surface area contributed by atoms with Crippen molar-refractivity contribution in [3.05, 3.63) is 94.5 Å². The van der Waals surface area contributed by atoms with Crippen molar-refractivity contribution in [2.75, 3.05) is 6.54 Å². The Morgan fingerprint density at radius 3 is 2.56 bits per heavy atom. The highest BCUT2D eigenvalue weighted by molar-refractivity contribution is 7.89. The summed E-state index contributed by atoms with van der Waals surface area (Å²) >= 11 is 6.09. The normalized spacial score (nSPS) is 11.8. The molecule has 1 N–H and O–H groups in total. The molecule has 0 spiro atoms. The van der Waals surface area contributed by atoms with Crippen molar-refractivity contribution < 1.29 is 17.6 Å². The molecule has 10 heteroatoms. The number of aryl methyl sites for hydroxylation is 1. The lowest BCUT2D eigenvalue weighted by molar-refractivity contribution is -0.121. The number of carbonyl (C=O) groups excluding carboxylic acids is 1. The van der Waals surface area contributed by atoms with Crippen LogP contribution in [0.25, 0.3) is 0 Å². The van der Waals surface area contributed by atoms with Crippen molar-refractivity contribution in [2.24, 2.45) is 5.10 Å². The number of nitrogens with zero attached hydrogens (tertiary/aromatic N) is 3. The van der Waals surface area contributed by atoms with Gasteiger partial charge < -0.3 is 0 Å². The van der Waals surface area contributed by atoms with Gasteiger partial charge in [-0.15, -0.1) is 0 Å². The van der Waals surface area contributed by atoms with Gasteiger partial charge in [0.1, 0.15) is 5.82 Å². The summed E-state index contributed by atoms with van der Waals surface area (Å²) in [5, 5.41) is 3.85. The SMILES string of the molecule is Cc1ccc(S(=O)(=O)N(CC(=O)N/N=C\c2ccccn2)Cc2c(F)cccc2Cl)cc1. The number of amides is 1. The quantitative estimate of drug-likeness (QED) is 0.399. The van der Waals surface area contributed by atoms with Gasteiger partial charge in [0.15, 0.2) is 0 Å². The highest BCUT2D eigenvalue weighted by atomic mass is 35.5. The van der Waals surface area contributed by atoms with Crippen LogP contribution in [0.4, 0.5) is 4.39 Å². The van der Waals surface area contributed by atoms with Crippen LogP contribution >= 0.6 is 11.6 Å². The molecule has 0 bridgehead atoms. The molecule has 2 aromatic carbocycles. The number of halogens is 2. The lowest BCUT2D eigenvalue weighted by Crippen LogP contribution is -2.39. The molecule has 32 heavy (non-hydrogen) atoms. The molecule has 0 aliphatic rings. The van der Waals surface area contributed by atoms with Gasteiger partial charge >= 0.3 is 0 Å². The first-order valence-corrected chi connectivity index (χ1v) is 11.3. The monoisotopic (exact) mass is 474 g/mol. The van der Waals surface area contributed by atoms with Crippen molar-refractivity contribution in [3.63, 3.8) is 0 Å². The molecule has 166 valence electrons. The highest BCUT2D eigenvalue weighted by Crippen LogP contribution is 2.24. The molecule has 0 aliphatic carbocycles. The van der Waals surface area contributed by atoms with Gasteiger partial charge in [-0.05, 0) is 43.3 Å². The largest absolute Gasteiger partial charge is 0.272 e. The predicted molar refractivity (Wildman–Crippen MR) is 120 cm³/mol. The van der Waals surface area contributed by atoms with Crippen LogP contribution in [0, 0.1) is 12.7 Å². The van der Waals surface area contributed by atoms with Crippen LogP contribution in [0.2, 0.25) is 5.02 Å². The predicted octanol–water partition coefficient (Wildman–Crippen LogP) is 3.52. The van der Waals surface area contributed by atoms with E-state index in [4.69, 9.17) is 11.6 Å². The number of hydrogen-bond donors (Lipinski definition) is 1. The van der Waals surface area contributed by atoms with Crippen LogP contribution in [0.1, 0.15) is 16.8 Å². The van der Waals surface area contributed by atoms with Crippen LogP contribution in [0.3, 0.4) is 0 Å². The Balaban J connectivity index is 1.85.